The van der Waals surface area contributed by atoms with Crippen molar-refractivity contribution in [1.29, 1.82) is 5.26 Å². The number of nitrogens with one attached hydrogen (secondary N) is 2. The van der Waals surface area contributed by atoms with Crippen molar-refractivity contribution in [1.82, 2.24) is 25.1 Å². The van der Waals surface area contributed by atoms with Crippen LogP contribution in [0.5, 0.6) is 5.75 Å². The highest BCUT2D eigenvalue weighted by molar-refractivity contribution is 5.67. The van der Waals surface area contributed by atoms with Gasteiger partial charge in [0.25, 0.3) is 0 Å². The third kappa shape index (κ3) is 4.81. The topological polar surface area (TPSA) is 122 Å². The number of ether oxygens (including phenoxy) is 2. The highest BCUT2D eigenvalue weighted by Gasteiger charge is 2.17. The summed E-state index contributed by atoms with van der Waals surface area (Å²) < 4.78 is 11.4. The van der Waals surface area contributed by atoms with Crippen LogP contribution in [-0.2, 0) is 4.74 Å². The molecule has 4 aromatic rings. The minimum atomic E-state index is 0.0684. The lowest BCUT2D eigenvalue weighted by atomic mass is 10.1. The summed E-state index contributed by atoms with van der Waals surface area (Å²) in [5, 5.41) is 19.6. The maximum absolute atomic E-state index is 9.66. The summed E-state index contributed by atoms with van der Waals surface area (Å²) in [6.07, 6.45) is 8.61. The van der Waals surface area contributed by atoms with Crippen LogP contribution in [0, 0.1) is 11.3 Å². The van der Waals surface area contributed by atoms with E-state index in [0.29, 0.717) is 36.2 Å². The van der Waals surface area contributed by atoms with Crippen molar-refractivity contribution >= 4 is 11.6 Å². The Hall–Kier alpha value is -4.29. The van der Waals surface area contributed by atoms with E-state index in [9.17, 15) is 5.26 Å². The molecule has 1 aromatic carbocycles. The molecule has 3 aromatic heterocycles. The number of hydrogen-bond acceptors (Lipinski definition) is 8. The van der Waals surface area contributed by atoms with Crippen LogP contribution in [0.2, 0.25) is 0 Å². The zero-order valence-corrected chi connectivity index (χ0v) is 17.7. The van der Waals surface area contributed by atoms with Gasteiger partial charge in [-0.1, -0.05) is 0 Å². The number of anilines is 2. The first-order valence-corrected chi connectivity index (χ1v) is 10.6. The summed E-state index contributed by atoms with van der Waals surface area (Å²) in [4.78, 5) is 13.3. The molecule has 0 amide bonds. The Morgan fingerprint density at radius 2 is 1.91 bits per heavy atom. The molecule has 9 nitrogen and oxygen atoms in total. The second kappa shape index (κ2) is 9.46. The molecule has 0 atom stereocenters. The van der Waals surface area contributed by atoms with Crippen molar-refractivity contribution in [3.05, 3.63) is 66.7 Å². The number of nitrogens with zero attached hydrogens (tertiary/aromatic N) is 5. The van der Waals surface area contributed by atoms with E-state index >= 15 is 0 Å². The third-order valence-electron chi connectivity index (χ3n) is 5.32. The Morgan fingerprint density at radius 3 is 2.73 bits per heavy atom. The minimum Gasteiger partial charge on any atom is -0.489 e. The van der Waals surface area contributed by atoms with Crippen molar-refractivity contribution in [3.8, 4) is 34.3 Å². The molecule has 9 heteroatoms. The van der Waals surface area contributed by atoms with Crippen molar-refractivity contribution in [3.63, 3.8) is 0 Å². The predicted octanol–water partition coefficient (Wildman–Crippen LogP) is 4.10. The number of aromatic nitrogens is 5. The van der Waals surface area contributed by atoms with Gasteiger partial charge in [0, 0.05) is 48.2 Å². The summed E-state index contributed by atoms with van der Waals surface area (Å²) in [6.45, 7) is 1.37. The molecule has 4 heterocycles. The zero-order chi connectivity index (χ0) is 22.5. The molecule has 0 saturated carbocycles. The fourth-order valence-corrected chi connectivity index (χ4v) is 3.62. The van der Waals surface area contributed by atoms with Gasteiger partial charge >= 0.3 is 0 Å². The van der Waals surface area contributed by atoms with Crippen LogP contribution in [0.4, 0.5) is 11.6 Å². The maximum atomic E-state index is 9.66. The molecule has 2 N–H and O–H groups in total. The first-order valence-electron chi connectivity index (χ1n) is 10.6. The molecule has 1 saturated heterocycles. The third-order valence-corrected chi connectivity index (χ3v) is 5.32. The number of pyridine rings is 1. The van der Waals surface area contributed by atoms with Crippen molar-refractivity contribution in [2.75, 3.05) is 18.5 Å². The molecule has 0 radical (unpaired) electrons. The van der Waals surface area contributed by atoms with Gasteiger partial charge in [0.05, 0.1) is 36.4 Å². The monoisotopic (exact) mass is 439 g/mol. The fourth-order valence-electron chi connectivity index (χ4n) is 3.62. The first kappa shape index (κ1) is 20.6. The Labute approximate surface area is 190 Å². The molecule has 164 valence electrons. The quantitative estimate of drug-likeness (QED) is 0.460. The molecule has 1 aliphatic rings. The summed E-state index contributed by atoms with van der Waals surface area (Å²) in [5.74, 6) is 1.03. The number of H-pyrrole nitrogens is 1. The molecule has 1 fully saturated rings. The van der Waals surface area contributed by atoms with Crippen LogP contribution in [-0.4, -0.2) is 44.5 Å². The molecule has 0 bridgehead atoms. The second-order valence-corrected chi connectivity index (χ2v) is 7.56. The van der Waals surface area contributed by atoms with E-state index in [-0.39, 0.29) is 6.10 Å². The smallest absolute Gasteiger partial charge is 0.227 e. The van der Waals surface area contributed by atoms with Gasteiger partial charge in [-0.15, -0.1) is 0 Å². The van der Waals surface area contributed by atoms with Gasteiger partial charge in [-0.25, -0.2) is 9.97 Å². The summed E-state index contributed by atoms with van der Waals surface area (Å²) in [7, 11) is 0. The molecule has 33 heavy (non-hydrogen) atoms. The molecule has 5 rings (SSSR count). The van der Waals surface area contributed by atoms with E-state index in [0.717, 1.165) is 35.3 Å². The lowest BCUT2D eigenvalue weighted by Gasteiger charge is -2.23. The first-order chi connectivity index (χ1) is 16.3. The lowest BCUT2D eigenvalue weighted by Crippen LogP contribution is -2.26. The van der Waals surface area contributed by atoms with Crippen LogP contribution >= 0.6 is 0 Å². The zero-order valence-electron chi connectivity index (χ0n) is 17.7. The molecular weight excluding hydrogens is 418 g/mol. The van der Waals surface area contributed by atoms with Gasteiger partial charge < -0.3 is 14.8 Å². The van der Waals surface area contributed by atoms with Crippen LogP contribution in [0.25, 0.3) is 22.5 Å². The number of rotatable bonds is 6. The normalized spacial score (nSPS) is 13.9. The van der Waals surface area contributed by atoms with E-state index in [1.54, 1.807) is 30.9 Å². The van der Waals surface area contributed by atoms with E-state index in [1.807, 2.05) is 30.3 Å². The average Bonchev–Trinajstić information content (AvgIpc) is 3.41. The van der Waals surface area contributed by atoms with Crippen molar-refractivity contribution < 1.29 is 9.47 Å². The number of nitriles is 1. The van der Waals surface area contributed by atoms with E-state index in [2.05, 4.69) is 36.5 Å². The summed E-state index contributed by atoms with van der Waals surface area (Å²) >= 11 is 0. The molecule has 0 aliphatic carbocycles. The molecule has 1 aliphatic heterocycles. The predicted molar refractivity (Wildman–Crippen MR) is 122 cm³/mol. The Bertz CT molecular complexity index is 1280. The van der Waals surface area contributed by atoms with Crippen LogP contribution in [0.1, 0.15) is 18.4 Å². The number of aromatic amines is 1. The highest BCUT2D eigenvalue weighted by atomic mass is 16.5. The van der Waals surface area contributed by atoms with Gasteiger partial charge in [0.15, 0.2) is 0 Å². The van der Waals surface area contributed by atoms with Gasteiger partial charge in [-0.05, 0) is 36.4 Å². The van der Waals surface area contributed by atoms with Gasteiger partial charge in [-0.2, -0.15) is 10.4 Å². The van der Waals surface area contributed by atoms with Gasteiger partial charge in [0.1, 0.15) is 17.9 Å². The van der Waals surface area contributed by atoms with Crippen molar-refractivity contribution in [2.45, 2.75) is 18.9 Å². The standard InChI is InChI=1S/C24H21N7O2/c25-13-17-11-16(1-2-23(17)33-20-5-9-32-10-6-20)21-4-8-27-24(31-21)30-19-3-7-26-22(12-19)18-14-28-29-15-18/h1-4,7-8,11-12,14-15,20H,5-6,9-10H2,(H,28,29)(H,26,27,30,31). The van der Waals surface area contributed by atoms with Crippen LogP contribution in [0.3, 0.4) is 0 Å². The van der Waals surface area contributed by atoms with Gasteiger partial charge in [0.2, 0.25) is 5.95 Å². The molecular formula is C24H21N7O2. The second-order valence-electron chi connectivity index (χ2n) is 7.56. The SMILES string of the molecule is N#Cc1cc(-c2ccnc(Nc3ccnc(-c4cn[nH]c4)c3)n2)ccc1OC1CCOCC1. The van der Waals surface area contributed by atoms with E-state index < -0.39 is 0 Å². The Balaban J connectivity index is 1.36. The maximum Gasteiger partial charge on any atom is 0.227 e. The van der Waals surface area contributed by atoms with E-state index in [4.69, 9.17) is 9.47 Å². The minimum absolute atomic E-state index is 0.0684. The molecule has 0 unspecified atom stereocenters. The average molecular weight is 439 g/mol. The van der Waals surface area contributed by atoms with E-state index in [1.165, 1.54) is 0 Å². The largest absolute Gasteiger partial charge is 0.489 e. The summed E-state index contributed by atoms with van der Waals surface area (Å²) in [5.41, 5.74) is 4.46. The Kier molecular flexibility index (Phi) is 5.91. The summed E-state index contributed by atoms with van der Waals surface area (Å²) in [6, 6.07) is 13.3. The van der Waals surface area contributed by atoms with Crippen LogP contribution in [0.15, 0.2) is 61.2 Å². The van der Waals surface area contributed by atoms with Gasteiger partial charge in [-0.3, -0.25) is 10.1 Å². The number of hydrogen-bond donors (Lipinski definition) is 2. The van der Waals surface area contributed by atoms with Crippen molar-refractivity contribution in [2.24, 2.45) is 0 Å². The molecule has 0 spiro atoms. The number of benzene rings is 1. The fraction of sp³-hybridized carbons (Fsp3) is 0.208. The lowest BCUT2D eigenvalue weighted by molar-refractivity contribution is 0.0254. The van der Waals surface area contributed by atoms with Crippen LogP contribution < -0.4 is 10.1 Å². The Morgan fingerprint density at radius 1 is 1.03 bits per heavy atom. The highest BCUT2D eigenvalue weighted by Crippen LogP contribution is 2.28.